The Hall–Kier alpha value is -2.34. The Bertz CT molecular complexity index is 885. The van der Waals surface area contributed by atoms with Crippen LogP contribution in [0.3, 0.4) is 0 Å². The minimum Gasteiger partial charge on any atom is -0.317 e. The third kappa shape index (κ3) is 5.57. The maximum absolute atomic E-state index is 12.5. The zero-order valence-corrected chi connectivity index (χ0v) is 16.8. The molecule has 4 N–H and O–H groups in total. The van der Waals surface area contributed by atoms with Crippen LogP contribution in [0, 0.1) is 0 Å². The summed E-state index contributed by atoms with van der Waals surface area (Å²) in [5.41, 5.74) is 4.12. The van der Waals surface area contributed by atoms with E-state index in [1.165, 1.54) is 18.2 Å². The van der Waals surface area contributed by atoms with Crippen molar-refractivity contribution in [2.24, 2.45) is 5.84 Å². The molecule has 0 saturated carbocycles. The van der Waals surface area contributed by atoms with Crippen LogP contribution in [0.5, 0.6) is 0 Å². The molecule has 27 heavy (non-hydrogen) atoms. The van der Waals surface area contributed by atoms with Crippen LogP contribution in [-0.2, 0) is 10.2 Å². The minimum absolute atomic E-state index is 0.00275. The quantitative estimate of drug-likeness (QED) is 0.310. The topological polar surface area (TPSA) is 84.2 Å². The molecule has 0 bridgehead atoms. The van der Waals surface area contributed by atoms with Crippen LogP contribution in [0.4, 0.5) is 0 Å². The SMILES string of the molecule is CC(C)(C)c1ccc(/C=C(/NC(=O)c2ccc(Cl)cc2Cl)C(=O)NN)cc1. The molecule has 0 spiro atoms. The molecule has 2 rings (SSSR count). The van der Waals surface area contributed by atoms with Gasteiger partial charge in [0.05, 0.1) is 10.6 Å². The van der Waals surface area contributed by atoms with Crippen LogP contribution in [0.2, 0.25) is 10.0 Å². The molecule has 2 aromatic carbocycles. The number of amides is 2. The lowest BCUT2D eigenvalue weighted by Crippen LogP contribution is -2.38. The van der Waals surface area contributed by atoms with Gasteiger partial charge in [0.25, 0.3) is 11.8 Å². The van der Waals surface area contributed by atoms with Crippen molar-refractivity contribution in [3.63, 3.8) is 0 Å². The summed E-state index contributed by atoms with van der Waals surface area (Å²) in [6.45, 7) is 6.34. The van der Waals surface area contributed by atoms with Crippen molar-refractivity contribution < 1.29 is 9.59 Å². The molecule has 0 atom stereocenters. The number of hydrogen-bond donors (Lipinski definition) is 3. The first-order valence-corrected chi connectivity index (χ1v) is 8.97. The molecule has 0 unspecified atom stereocenters. The lowest BCUT2D eigenvalue weighted by molar-refractivity contribution is -0.117. The highest BCUT2D eigenvalue weighted by atomic mass is 35.5. The summed E-state index contributed by atoms with van der Waals surface area (Å²) in [6.07, 6.45) is 1.54. The number of rotatable bonds is 4. The van der Waals surface area contributed by atoms with Gasteiger partial charge in [0, 0.05) is 5.02 Å². The lowest BCUT2D eigenvalue weighted by Gasteiger charge is -2.19. The van der Waals surface area contributed by atoms with E-state index < -0.39 is 11.8 Å². The molecule has 0 heterocycles. The van der Waals surface area contributed by atoms with E-state index in [1.54, 1.807) is 6.07 Å². The summed E-state index contributed by atoms with van der Waals surface area (Å²) in [7, 11) is 0. The van der Waals surface area contributed by atoms with Crippen molar-refractivity contribution in [2.45, 2.75) is 26.2 Å². The second kappa shape index (κ2) is 8.57. The number of hydrazine groups is 1. The molecule has 0 aliphatic heterocycles. The van der Waals surface area contributed by atoms with Gasteiger partial charge in [-0.05, 0) is 40.8 Å². The molecule has 2 aromatic rings. The Morgan fingerprint density at radius 2 is 1.67 bits per heavy atom. The third-order valence-corrected chi connectivity index (χ3v) is 4.44. The van der Waals surface area contributed by atoms with Gasteiger partial charge in [-0.1, -0.05) is 68.2 Å². The Balaban J connectivity index is 2.31. The maximum atomic E-state index is 12.5. The number of halogens is 2. The Kier molecular flexibility index (Phi) is 6.65. The van der Waals surface area contributed by atoms with Crippen LogP contribution in [0.15, 0.2) is 48.2 Å². The number of benzene rings is 2. The van der Waals surface area contributed by atoms with E-state index in [4.69, 9.17) is 29.0 Å². The molecule has 0 fully saturated rings. The third-order valence-electron chi connectivity index (χ3n) is 3.89. The average Bonchev–Trinajstić information content (AvgIpc) is 2.60. The van der Waals surface area contributed by atoms with Gasteiger partial charge in [-0.2, -0.15) is 0 Å². The van der Waals surface area contributed by atoms with Gasteiger partial charge in [-0.3, -0.25) is 15.0 Å². The zero-order valence-electron chi connectivity index (χ0n) is 15.3. The largest absolute Gasteiger partial charge is 0.317 e. The molecule has 2 amide bonds. The predicted octanol–water partition coefficient (Wildman–Crippen LogP) is 4.05. The second-order valence-electron chi connectivity index (χ2n) is 6.98. The van der Waals surface area contributed by atoms with Crippen LogP contribution in [-0.4, -0.2) is 11.8 Å². The highest BCUT2D eigenvalue weighted by Gasteiger charge is 2.17. The molecule has 5 nitrogen and oxygen atoms in total. The van der Waals surface area contributed by atoms with Crippen molar-refractivity contribution >= 4 is 41.1 Å². The first-order valence-electron chi connectivity index (χ1n) is 8.21. The van der Waals surface area contributed by atoms with Crippen LogP contribution in [0.25, 0.3) is 6.08 Å². The zero-order chi connectivity index (χ0) is 20.2. The van der Waals surface area contributed by atoms with Gasteiger partial charge >= 0.3 is 0 Å². The minimum atomic E-state index is -0.631. The number of hydrogen-bond acceptors (Lipinski definition) is 3. The van der Waals surface area contributed by atoms with Gasteiger partial charge in [0.15, 0.2) is 0 Å². The normalized spacial score (nSPS) is 11.9. The fourth-order valence-electron chi connectivity index (χ4n) is 2.35. The van der Waals surface area contributed by atoms with Crippen LogP contribution in [0.1, 0.15) is 42.3 Å². The highest BCUT2D eigenvalue weighted by molar-refractivity contribution is 6.36. The summed E-state index contributed by atoms with van der Waals surface area (Å²) in [6, 6.07) is 12.2. The second-order valence-corrected chi connectivity index (χ2v) is 7.83. The summed E-state index contributed by atoms with van der Waals surface area (Å²) >= 11 is 11.9. The van der Waals surface area contributed by atoms with Crippen molar-refractivity contribution in [2.75, 3.05) is 0 Å². The van der Waals surface area contributed by atoms with Crippen molar-refractivity contribution in [1.82, 2.24) is 10.7 Å². The lowest BCUT2D eigenvalue weighted by atomic mass is 9.87. The fraction of sp³-hybridized carbons (Fsp3) is 0.200. The summed E-state index contributed by atoms with van der Waals surface area (Å²) < 4.78 is 0. The van der Waals surface area contributed by atoms with E-state index in [1.807, 2.05) is 29.7 Å². The van der Waals surface area contributed by atoms with E-state index in [0.29, 0.717) is 5.02 Å². The molecule has 7 heteroatoms. The summed E-state index contributed by atoms with van der Waals surface area (Å²) in [5.74, 6) is 4.06. The van der Waals surface area contributed by atoms with Gasteiger partial charge in [-0.25, -0.2) is 5.84 Å². The molecule has 0 aliphatic carbocycles. The number of carbonyl (C=O) groups excluding carboxylic acids is 2. The first-order chi connectivity index (χ1) is 12.6. The van der Waals surface area contributed by atoms with E-state index in [-0.39, 0.29) is 21.7 Å². The standard InChI is InChI=1S/C20H21Cl2N3O2/c1-20(2,3)13-6-4-12(5-7-13)10-17(19(27)25-23)24-18(26)15-9-8-14(21)11-16(15)22/h4-11H,23H2,1-3H3,(H,24,26)(H,25,27)/b17-10+. The smallest absolute Gasteiger partial charge is 0.281 e. The molecule has 142 valence electrons. The van der Waals surface area contributed by atoms with Gasteiger partial charge < -0.3 is 5.32 Å². The number of nitrogens with two attached hydrogens (primary N) is 1. The predicted molar refractivity (Wildman–Crippen MR) is 109 cm³/mol. The van der Waals surface area contributed by atoms with Gasteiger partial charge in [-0.15, -0.1) is 0 Å². The Labute approximate surface area is 168 Å². The highest BCUT2D eigenvalue weighted by Crippen LogP contribution is 2.23. The first kappa shape index (κ1) is 21.0. The summed E-state index contributed by atoms with van der Waals surface area (Å²) in [4.78, 5) is 24.6. The maximum Gasteiger partial charge on any atom is 0.281 e. The van der Waals surface area contributed by atoms with Crippen molar-refractivity contribution in [1.29, 1.82) is 0 Å². The van der Waals surface area contributed by atoms with Gasteiger partial charge in [0.2, 0.25) is 0 Å². The molecule has 0 radical (unpaired) electrons. The number of carbonyl (C=O) groups is 2. The molecule has 0 aromatic heterocycles. The van der Waals surface area contributed by atoms with Crippen LogP contribution >= 0.6 is 23.2 Å². The van der Waals surface area contributed by atoms with Crippen molar-refractivity contribution in [3.8, 4) is 0 Å². The molecule has 0 saturated heterocycles. The number of nitrogens with one attached hydrogen (secondary N) is 2. The van der Waals surface area contributed by atoms with Crippen molar-refractivity contribution in [3.05, 3.63) is 74.9 Å². The van der Waals surface area contributed by atoms with E-state index >= 15 is 0 Å². The Morgan fingerprint density at radius 3 is 2.19 bits per heavy atom. The van der Waals surface area contributed by atoms with Crippen LogP contribution < -0.4 is 16.6 Å². The molecular weight excluding hydrogens is 385 g/mol. The van der Waals surface area contributed by atoms with Gasteiger partial charge in [0.1, 0.15) is 5.70 Å². The molecule has 0 aliphatic rings. The van der Waals surface area contributed by atoms with E-state index in [2.05, 4.69) is 26.1 Å². The van der Waals surface area contributed by atoms with E-state index in [9.17, 15) is 9.59 Å². The average molecular weight is 406 g/mol. The Morgan fingerprint density at radius 1 is 1.04 bits per heavy atom. The summed E-state index contributed by atoms with van der Waals surface area (Å²) in [5, 5.41) is 3.13. The fourth-order valence-corrected chi connectivity index (χ4v) is 2.84. The monoisotopic (exact) mass is 405 g/mol. The van der Waals surface area contributed by atoms with E-state index in [0.717, 1.165) is 11.1 Å². The molecular formula is C20H21Cl2N3O2.